The first-order valence-corrected chi connectivity index (χ1v) is 25.5. The molecule has 2 aromatic heterocycles. The molecule has 67 heavy (non-hydrogen) atoms. The normalized spacial score (nSPS) is 13.6. The lowest BCUT2D eigenvalue weighted by Gasteiger charge is -2.21. The molecule has 0 radical (unpaired) electrons. The van der Waals surface area contributed by atoms with Gasteiger partial charge >= 0.3 is 0 Å². The Hall–Kier alpha value is -6.48. The van der Waals surface area contributed by atoms with Gasteiger partial charge in [0, 0.05) is 42.0 Å². The monoisotopic (exact) mass is 893 g/mol. The summed E-state index contributed by atoms with van der Waals surface area (Å²) >= 11 is 1.87. The summed E-state index contributed by atoms with van der Waals surface area (Å²) in [6, 6.07) is 60.1. The highest BCUT2D eigenvalue weighted by molar-refractivity contribution is 7.25. The van der Waals surface area contributed by atoms with Gasteiger partial charge in [0.15, 0.2) is 0 Å². The predicted molar refractivity (Wildman–Crippen MR) is 299 cm³/mol. The lowest BCUT2D eigenvalue weighted by atomic mass is 9.82. The van der Waals surface area contributed by atoms with Crippen LogP contribution in [-0.2, 0) is 5.41 Å². The van der Waals surface area contributed by atoms with Crippen LogP contribution in [0.4, 0.5) is 0 Å². The summed E-state index contributed by atoms with van der Waals surface area (Å²) in [5.41, 5.74) is 16.7. The molecule has 0 saturated carbocycles. The zero-order valence-electron chi connectivity index (χ0n) is 41.4. The van der Waals surface area contributed by atoms with Crippen molar-refractivity contribution >= 4 is 69.7 Å². The van der Waals surface area contributed by atoms with Crippen LogP contribution in [0.3, 0.4) is 0 Å². The zero-order chi connectivity index (χ0) is 47.2. The van der Waals surface area contributed by atoms with Crippen molar-refractivity contribution in [3.05, 3.63) is 215 Å². The molecular weight excluding hydrogens is 827 g/mol. The standard InChI is InChI=1S/C29H19NS.C16H16.C16H20.2C2H6/c1-18-10-13-23-26(16-18)30(25-14-11-19-6-2-3-7-21(19)29(23)25)20-12-15-28-24(17-20)22-8-4-5-9-27(22)31-28;1-11-8-9-13-12-6-4-5-7-14(12)16(2,3)15(13)10-11;1-3-13(2)15-11-7-8-12-16(15)14-9-5-4-6-10-14;2*1-2/h2-17H,1H3;4-10H,1-3H3;4-5,7-9,11-13H,3,6,10H2,1-2H3;2*1-2H3. The van der Waals surface area contributed by atoms with Gasteiger partial charge in [0.05, 0.1) is 11.0 Å². The summed E-state index contributed by atoms with van der Waals surface area (Å²) in [5.74, 6) is 0.656. The number of fused-ring (bicyclic) bond motifs is 11. The number of aryl methyl sites for hydroxylation is 2. The fraction of sp³-hybridized carbons (Fsp3) is 0.231. The van der Waals surface area contributed by atoms with E-state index in [1.54, 1.807) is 0 Å². The first kappa shape index (κ1) is 47.0. The maximum absolute atomic E-state index is 2.44. The smallest absolute Gasteiger partial charge is 0.0547 e. The van der Waals surface area contributed by atoms with Crippen LogP contribution in [0.1, 0.15) is 114 Å². The van der Waals surface area contributed by atoms with Gasteiger partial charge in [-0.1, -0.05) is 207 Å². The van der Waals surface area contributed by atoms with E-state index in [9.17, 15) is 0 Å². The van der Waals surface area contributed by atoms with Crippen molar-refractivity contribution in [3.8, 4) is 16.8 Å². The molecule has 8 aromatic carbocycles. The molecule has 2 heterocycles. The van der Waals surface area contributed by atoms with Gasteiger partial charge in [0.1, 0.15) is 0 Å². The number of benzene rings is 8. The Morgan fingerprint density at radius 2 is 1.22 bits per heavy atom. The van der Waals surface area contributed by atoms with Crippen LogP contribution >= 0.6 is 11.3 Å². The third-order valence-electron chi connectivity index (χ3n) is 13.6. The van der Waals surface area contributed by atoms with E-state index in [2.05, 4.69) is 228 Å². The molecule has 0 amide bonds. The maximum Gasteiger partial charge on any atom is 0.0547 e. The molecule has 338 valence electrons. The summed E-state index contributed by atoms with van der Waals surface area (Å²) in [6.07, 6.45) is 10.3. The van der Waals surface area contributed by atoms with Crippen molar-refractivity contribution in [2.75, 3.05) is 0 Å². The van der Waals surface area contributed by atoms with E-state index in [-0.39, 0.29) is 5.41 Å². The van der Waals surface area contributed by atoms with Gasteiger partial charge in [-0.3, -0.25) is 0 Å². The van der Waals surface area contributed by atoms with E-state index >= 15 is 0 Å². The highest BCUT2D eigenvalue weighted by atomic mass is 32.1. The zero-order valence-corrected chi connectivity index (χ0v) is 42.2. The average Bonchev–Trinajstić information content (AvgIpc) is 4.00. The second-order valence-electron chi connectivity index (χ2n) is 18.1. The summed E-state index contributed by atoms with van der Waals surface area (Å²) < 4.78 is 5.13. The minimum absolute atomic E-state index is 0.151. The molecule has 12 rings (SSSR count). The van der Waals surface area contributed by atoms with Crippen molar-refractivity contribution < 1.29 is 0 Å². The molecule has 1 unspecified atom stereocenters. The van der Waals surface area contributed by atoms with Crippen LogP contribution in [0.25, 0.3) is 75.1 Å². The highest BCUT2D eigenvalue weighted by Gasteiger charge is 2.34. The number of thiophene rings is 1. The van der Waals surface area contributed by atoms with E-state index < -0.39 is 0 Å². The lowest BCUT2D eigenvalue weighted by molar-refractivity contribution is 0.660. The predicted octanol–water partition coefficient (Wildman–Crippen LogP) is 19.9. The van der Waals surface area contributed by atoms with E-state index in [0.717, 1.165) is 0 Å². The van der Waals surface area contributed by atoms with Crippen LogP contribution < -0.4 is 0 Å². The van der Waals surface area contributed by atoms with E-state index in [4.69, 9.17) is 0 Å². The molecule has 10 aromatic rings. The van der Waals surface area contributed by atoms with Crippen LogP contribution in [0, 0.1) is 13.8 Å². The second-order valence-corrected chi connectivity index (χ2v) is 19.2. The Kier molecular flexibility index (Phi) is 14.4. The van der Waals surface area contributed by atoms with Gasteiger partial charge in [0.25, 0.3) is 0 Å². The summed E-state index contributed by atoms with van der Waals surface area (Å²) in [7, 11) is 0. The average molecular weight is 894 g/mol. The molecule has 1 atom stereocenters. The van der Waals surface area contributed by atoms with Gasteiger partial charge in [-0.05, 0) is 131 Å². The van der Waals surface area contributed by atoms with Crippen molar-refractivity contribution in [2.45, 2.75) is 99.8 Å². The molecule has 0 saturated heterocycles. The second kappa shape index (κ2) is 20.6. The molecule has 0 N–H and O–H groups in total. The van der Waals surface area contributed by atoms with Crippen molar-refractivity contribution in [1.29, 1.82) is 0 Å². The SMILES string of the molecule is CC.CC.CCC(C)c1ccccc1C1=CC=CCC1.Cc1ccc2c(c1)C(C)(C)c1ccccc1-2.Cc1ccc2c3c4ccccc4ccc3n(-c3ccc4sc5ccccc5c4c3)c2c1. The third-order valence-corrected chi connectivity index (χ3v) is 14.8. The summed E-state index contributed by atoms with van der Waals surface area (Å²) in [6.45, 7) is 21.6. The molecule has 1 nitrogen and oxygen atoms in total. The Bertz CT molecular complexity index is 3400. The molecule has 0 spiro atoms. The van der Waals surface area contributed by atoms with E-state index in [0.29, 0.717) is 5.92 Å². The molecule has 2 aliphatic rings. The lowest BCUT2D eigenvalue weighted by Crippen LogP contribution is -2.14. The Morgan fingerprint density at radius 3 is 2.00 bits per heavy atom. The number of hydrogen-bond donors (Lipinski definition) is 0. The van der Waals surface area contributed by atoms with Gasteiger partial charge in [0.2, 0.25) is 0 Å². The molecule has 0 bridgehead atoms. The topological polar surface area (TPSA) is 4.93 Å². The van der Waals surface area contributed by atoms with Crippen molar-refractivity contribution in [1.82, 2.24) is 4.57 Å². The Morgan fingerprint density at radius 1 is 0.567 bits per heavy atom. The molecule has 0 fully saturated rings. The number of nitrogens with zero attached hydrogens (tertiary/aromatic N) is 1. The number of aromatic nitrogens is 1. The molecule has 0 aliphatic heterocycles. The van der Waals surface area contributed by atoms with Gasteiger partial charge in [-0.2, -0.15) is 0 Å². The number of allylic oxidation sites excluding steroid dienone is 4. The largest absolute Gasteiger partial charge is 0.309 e. The Labute approximate surface area is 404 Å². The van der Waals surface area contributed by atoms with Crippen molar-refractivity contribution in [2.24, 2.45) is 0 Å². The molecular formula is C65H67NS. The highest BCUT2D eigenvalue weighted by Crippen LogP contribution is 2.48. The van der Waals surface area contributed by atoms with E-state index in [1.165, 1.54) is 128 Å². The maximum atomic E-state index is 2.44. The minimum atomic E-state index is 0.151. The fourth-order valence-corrected chi connectivity index (χ4v) is 11.2. The number of hydrogen-bond acceptors (Lipinski definition) is 1. The number of rotatable bonds is 4. The third kappa shape index (κ3) is 9.05. The van der Waals surface area contributed by atoms with Crippen LogP contribution in [0.15, 0.2) is 182 Å². The molecule has 2 aliphatic carbocycles. The van der Waals surface area contributed by atoms with Gasteiger partial charge < -0.3 is 4.57 Å². The Balaban J connectivity index is 0.000000143. The molecule has 2 heteroatoms. The van der Waals surface area contributed by atoms with Crippen molar-refractivity contribution in [3.63, 3.8) is 0 Å². The minimum Gasteiger partial charge on any atom is -0.309 e. The first-order valence-electron chi connectivity index (χ1n) is 24.7. The van der Waals surface area contributed by atoms with Crippen LogP contribution in [0.2, 0.25) is 0 Å². The summed E-state index contributed by atoms with van der Waals surface area (Å²) in [5, 5.41) is 7.92. The first-order chi connectivity index (χ1) is 32.7. The van der Waals surface area contributed by atoms with Crippen LogP contribution in [-0.4, -0.2) is 4.57 Å². The quantitative estimate of drug-likeness (QED) is 0.166. The summed E-state index contributed by atoms with van der Waals surface area (Å²) in [4.78, 5) is 0. The van der Waals surface area contributed by atoms with E-state index in [1.807, 2.05) is 39.0 Å². The van der Waals surface area contributed by atoms with Crippen LogP contribution in [0.5, 0.6) is 0 Å². The fourth-order valence-electron chi connectivity index (χ4n) is 10.1. The van der Waals surface area contributed by atoms with Gasteiger partial charge in [-0.25, -0.2) is 0 Å². The van der Waals surface area contributed by atoms with Gasteiger partial charge in [-0.15, -0.1) is 11.3 Å².